The summed E-state index contributed by atoms with van der Waals surface area (Å²) in [6.45, 7) is 7.61. The largest absolute Gasteiger partial charge is 0.462 e. The molecule has 3 heteroatoms. The normalized spacial score (nSPS) is 13.2. The van der Waals surface area contributed by atoms with Crippen LogP contribution in [0.2, 0.25) is 0 Å². The van der Waals surface area contributed by atoms with Crippen LogP contribution in [0.15, 0.2) is 0 Å². The third kappa shape index (κ3) is 7.72. The molecule has 0 aliphatic carbocycles. The lowest BCUT2D eigenvalue weighted by molar-refractivity contribution is -0.144. The van der Waals surface area contributed by atoms with Crippen LogP contribution in [0.4, 0.5) is 0 Å². The van der Waals surface area contributed by atoms with Crippen molar-refractivity contribution in [3.63, 3.8) is 0 Å². The smallest absolute Gasteiger partial charge is 0.302 e. The van der Waals surface area contributed by atoms with Crippen LogP contribution in [-0.2, 0) is 9.53 Å². The molecule has 0 heterocycles. The lowest BCUT2D eigenvalue weighted by atomic mass is 10.5. The molecule has 0 saturated carbocycles. The molecule has 0 aliphatic rings. The first kappa shape index (κ1) is 10.8. The molecule has 0 amide bonds. The molecule has 11 heavy (non-hydrogen) atoms. The van der Waals surface area contributed by atoms with Crippen molar-refractivity contribution in [1.29, 1.82) is 0 Å². The molecular weight excluding hydrogens is 160 g/mol. The van der Waals surface area contributed by atoms with Gasteiger partial charge < -0.3 is 4.74 Å². The summed E-state index contributed by atoms with van der Waals surface area (Å²) in [5.74, 6) is 0.693. The van der Waals surface area contributed by atoms with E-state index >= 15 is 0 Å². The maximum atomic E-state index is 10.5. The molecule has 2 nitrogen and oxygen atoms in total. The van der Waals surface area contributed by atoms with E-state index in [4.69, 9.17) is 4.74 Å². The zero-order valence-corrected chi connectivity index (χ0v) is 8.40. The first-order chi connectivity index (χ1) is 5.02. The Balaban J connectivity index is 3.37. The van der Waals surface area contributed by atoms with Crippen LogP contribution in [0.25, 0.3) is 0 Å². The van der Waals surface area contributed by atoms with Crippen molar-refractivity contribution in [3.05, 3.63) is 0 Å². The maximum Gasteiger partial charge on any atom is 0.302 e. The minimum Gasteiger partial charge on any atom is -0.462 e. The second kappa shape index (κ2) is 5.47. The molecular formula is C8H16O2S. The summed E-state index contributed by atoms with van der Waals surface area (Å²) in [6, 6.07) is 0. The van der Waals surface area contributed by atoms with E-state index in [1.54, 1.807) is 11.8 Å². The summed E-state index contributed by atoms with van der Waals surface area (Å²) in [4.78, 5) is 10.5. The Morgan fingerprint density at radius 2 is 2.00 bits per heavy atom. The number of hydrogen-bond donors (Lipinski definition) is 0. The van der Waals surface area contributed by atoms with Gasteiger partial charge in [-0.15, -0.1) is 0 Å². The first-order valence-electron chi connectivity index (χ1n) is 3.81. The van der Waals surface area contributed by atoms with E-state index in [0.29, 0.717) is 5.25 Å². The fourth-order valence-electron chi connectivity index (χ4n) is 0.645. The van der Waals surface area contributed by atoms with Crippen LogP contribution < -0.4 is 0 Å². The van der Waals surface area contributed by atoms with E-state index in [1.807, 2.05) is 6.92 Å². The quantitative estimate of drug-likeness (QED) is 0.613. The van der Waals surface area contributed by atoms with Gasteiger partial charge in [0.05, 0.1) is 0 Å². The van der Waals surface area contributed by atoms with Crippen molar-refractivity contribution in [2.45, 2.75) is 39.0 Å². The lowest BCUT2D eigenvalue weighted by Crippen LogP contribution is -2.15. The van der Waals surface area contributed by atoms with E-state index in [-0.39, 0.29) is 12.1 Å². The highest BCUT2D eigenvalue weighted by molar-refractivity contribution is 7.99. The first-order valence-corrected chi connectivity index (χ1v) is 4.86. The Labute approximate surface area is 72.7 Å². The fourth-order valence-corrected chi connectivity index (χ4v) is 1.37. The van der Waals surface area contributed by atoms with Gasteiger partial charge in [0.25, 0.3) is 0 Å². The topological polar surface area (TPSA) is 26.3 Å². The Morgan fingerprint density at radius 1 is 1.45 bits per heavy atom. The van der Waals surface area contributed by atoms with E-state index in [2.05, 4.69) is 13.8 Å². The Kier molecular flexibility index (Phi) is 5.38. The zero-order chi connectivity index (χ0) is 8.85. The monoisotopic (exact) mass is 176 g/mol. The van der Waals surface area contributed by atoms with E-state index < -0.39 is 0 Å². The Bertz CT molecular complexity index is 123. The van der Waals surface area contributed by atoms with E-state index in [1.165, 1.54) is 6.92 Å². The van der Waals surface area contributed by atoms with Gasteiger partial charge in [-0.1, -0.05) is 13.8 Å². The second-order valence-corrected chi connectivity index (χ2v) is 4.41. The van der Waals surface area contributed by atoms with Crippen LogP contribution in [0.3, 0.4) is 0 Å². The van der Waals surface area contributed by atoms with Gasteiger partial charge in [0.1, 0.15) is 6.10 Å². The third-order valence-electron chi connectivity index (χ3n) is 1.03. The highest BCUT2D eigenvalue weighted by atomic mass is 32.2. The molecule has 0 aromatic carbocycles. The predicted octanol–water partition coefficient (Wildman–Crippen LogP) is 2.08. The maximum absolute atomic E-state index is 10.5. The number of carbonyl (C=O) groups is 1. The molecule has 0 aromatic rings. The van der Waals surface area contributed by atoms with Gasteiger partial charge in [-0.2, -0.15) is 11.8 Å². The minimum atomic E-state index is -0.193. The lowest BCUT2D eigenvalue weighted by Gasteiger charge is -2.12. The molecule has 0 aromatic heterocycles. The highest BCUT2D eigenvalue weighted by Gasteiger charge is 2.05. The number of rotatable bonds is 4. The van der Waals surface area contributed by atoms with Crippen LogP contribution in [0.5, 0.6) is 0 Å². The molecule has 0 fully saturated rings. The second-order valence-electron chi connectivity index (χ2n) is 2.80. The number of hydrogen-bond acceptors (Lipinski definition) is 3. The SMILES string of the molecule is CC(=O)OC(C)CSC(C)C. The third-order valence-corrected chi connectivity index (χ3v) is 2.36. The Hall–Kier alpha value is -0.180. The van der Waals surface area contributed by atoms with Crippen molar-refractivity contribution in [3.8, 4) is 0 Å². The molecule has 0 rings (SSSR count). The fraction of sp³-hybridized carbons (Fsp3) is 0.875. The summed E-state index contributed by atoms with van der Waals surface area (Å²) in [5, 5.41) is 0.605. The molecule has 0 bridgehead atoms. The van der Waals surface area contributed by atoms with E-state index in [9.17, 15) is 4.79 Å². The summed E-state index contributed by atoms with van der Waals surface area (Å²) < 4.78 is 4.94. The molecule has 0 spiro atoms. The summed E-state index contributed by atoms with van der Waals surface area (Å²) in [6.07, 6.45) is 0.0416. The van der Waals surface area contributed by atoms with E-state index in [0.717, 1.165) is 5.75 Å². The van der Waals surface area contributed by atoms with Crippen LogP contribution >= 0.6 is 11.8 Å². The summed E-state index contributed by atoms with van der Waals surface area (Å²) >= 11 is 1.80. The van der Waals surface area contributed by atoms with Crippen molar-refractivity contribution >= 4 is 17.7 Å². The number of carbonyl (C=O) groups excluding carboxylic acids is 1. The zero-order valence-electron chi connectivity index (χ0n) is 7.59. The summed E-state index contributed by atoms with van der Waals surface area (Å²) in [7, 11) is 0. The van der Waals surface area contributed by atoms with Crippen LogP contribution in [0.1, 0.15) is 27.7 Å². The van der Waals surface area contributed by atoms with Gasteiger partial charge in [-0.05, 0) is 12.2 Å². The Morgan fingerprint density at radius 3 is 2.36 bits per heavy atom. The van der Waals surface area contributed by atoms with Crippen molar-refractivity contribution in [2.75, 3.05) is 5.75 Å². The predicted molar refractivity (Wildman–Crippen MR) is 48.8 cm³/mol. The van der Waals surface area contributed by atoms with Gasteiger partial charge >= 0.3 is 5.97 Å². The molecule has 0 saturated heterocycles. The highest BCUT2D eigenvalue weighted by Crippen LogP contribution is 2.11. The van der Waals surface area contributed by atoms with Gasteiger partial charge in [0.15, 0.2) is 0 Å². The van der Waals surface area contributed by atoms with Crippen molar-refractivity contribution in [1.82, 2.24) is 0 Å². The average Bonchev–Trinajstić information content (AvgIpc) is 1.82. The number of thioether (sulfide) groups is 1. The molecule has 0 N–H and O–H groups in total. The van der Waals surface area contributed by atoms with Crippen LogP contribution in [0, 0.1) is 0 Å². The standard InChI is InChI=1S/C8H16O2S/c1-6(2)11-5-7(3)10-8(4)9/h6-7H,5H2,1-4H3. The van der Waals surface area contributed by atoms with Crippen molar-refractivity contribution in [2.24, 2.45) is 0 Å². The molecule has 0 aliphatic heterocycles. The number of esters is 1. The van der Waals surface area contributed by atoms with Gasteiger partial charge in [-0.3, -0.25) is 4.79 Å². The molecule has 1 atom stereocenters. The summed E-state index contributed by atoms with van der Waals surface area (Å²) in [5.41, 5.74) is 0. The minimum absolute atomic E-state index is 0.0416. The van der Waals surface area contributed by atoms with Gasteiger partial charge in [-0.25, -0.2) is 0 Å². The molecule has 0 radical (unpaired) electrons. The van der Waals surface area contributed by atoms with Crippen LogP contribution in [-0.4, -0.2) is 23.1 Å². The average molecular weight is 176 g/mol. The molecule has 66 valence electrons. The van der Waals surface area contributed by atoms with Crippen molar-refractivity contribution < 1.29 is 9.53 Å². The van der Waals surface area contributed by atoms with Gasteiger partial charge in [0, 0.05) is 12.7 Å². The number of ether oxygens (including phenoxy) is 1. The van der Waals surface area contributed by atoms with Gasteiger partial charge in [0.2, 0.25) is 0 Å². The molecule has 1 unspecified atom stereocenters.